The SMILES string of the molecule is Cc1cccc(C)c1/C=C/C1CCN(C(=O)[C@H]2CCCCN2C)CC1. The van der Waals surface area contributed by atoms with Gasteiger partial charge in [0.05, 0.1) is 6.04 Å². The number of benzene rings is 1. The molecule has 136 valence electrons. The van der Waals surface area contributed by atoms with Gasteiger partial charge in [0.1, 0.15) is 0 Å². The molecule has 2 aliphatic rings. The number of amides is 1. The van der Waals surface area contributed by atoms with Crippen LogP contribution in [0, 0.1) is 19.8 Å². The number of nitrogens with zero attached hydrogens (tertiary/aromatic N) is 2. The molecule has 0 saturated carbocycles. The Bertz CT molecular complexity index is 609. The summed E-state index contributed by atoms with van der Waals surface area (Å²) in [7, 11) is 2.10. The van der Waals surface area contributed by atoms with Crippen molar-refractivity contribution in [3.8, 4) is 0 Å². The van der Waals surface area contributed by atoms with Crippen LogP contribution in [0.2, 0.25) is 0 Å². The predicted octanol–water partition coefficient (Wildman–Crippen LogP) is 4.04. The van der Waals surface area contributed by atoms with Crippen molar-refractivity contribution >= 4 is 12.0 Å². The lowest BCUT2D eigenvalue weighted by molar-refractivity contribution is -0.138. The molecular weight excluding hydrogens is 308 g/mol. The van der Waals surface area contributed by atoms with Crippen LogP contribution >= 0.6 is 0 Å². The molecule has 0 bridgehead atoms. The van der Waals surface area contributed by atoms with Crippen molar-refractivity contribution in [1.82, 2.24) is 9.80 Å². The maximum Gasteiger partial charge on any atom is 0.239 e. The van der Waals surface area contributed by atoms with Crippen LogP contribution < -0.4 is 0 Å². The molecule has 3 heteroatoms. The summed E-state index contributed by atoms with van der Waals surface area (Å²) in [5, 5.41) is 0. The van der Waals surface area contributed by atoms with Crippen molar-refractivity contribution < 1.29 is 4.79 Å². The zero-order valence-electron chi connectivity index (χ0n) is 16.0. The van der Waals surface area contributed by atoms with E-state index in [1.165, 1.54) is 29.5 Å². The highest BCUT2D eigenvalue weighted by Gasteiger charge is 2.31. The first kappa shape index (κ1) is 18.2. The number of likely N-dealkylation sites (N-methyl/N-ethyl adjacent to an activating group) is 1. The van der Waals surface area contributed by atoms with Crippen molar-refractivity contribution in [2.75, 3.05) is 26.7 Å². The average molecular weight is 341 g/mol. The first-order valence-corrected chi connectivity index (χ1v) is 9.79. The fourth-order valence-electron chi connectivity index (χ4n) is 4.23. The summed E-state index contributed by atoms with van der Waals surface area (Å²) in [4.78, 5) is 17.2. The van der Waals surface area contributed by atoms with Gasteiger partial charge in [0.15, 0.2) is 0 Å². The molecule has 0 radical (unpaired) electrons. The summed E-state index contributed by atoms with van der Waals surface area (Å²) in [5.41, 5.74) is 4.03. The Morgan fingerprint density at radius 2 is 1.72 bits per heavy atom. The zero-order valence-corrected chi connectivity index (χ0v) is 16.0. The topological polar surface area (TPSA) is 23.6 Å². The number of rotatable bonds is 3. The molecule has 1 amide bonds. The predicted molar refractivity (Wildman–Crippen MR) is 105 cm³/mol. The lowest BCUT2D eigenvalue weighted by atomic mass is 9.93. The van der Waals surface area contributed by atoms with Crippen LogP contribution in [0.1, 0.15) is 48.8 Å². The monoisotopic (exact) mass is 340 g/mol. The van der Waals surface area contributed by atoms with Crippen molar-refractivity contribution in [2.24, 2.45) is 5.92 Å². The smallest absolute Gasteiger partial charge is 0.239 e. The highest BCUT2D eigenvalue weighted by Crippen LogP contribution is 2.24. The second-order valence-corrected chi connectivity index (χ2v) is 7.82. The summed E-state index contributed by atoms with van der Waals surface area (Å²) in [6.07, 6.45) is 10.3. The number of carbonyl (C=O) groups is 1. The molecule has 0 aromatic heterocycles. The number of piperidine rings is 2. The summed E-state index contributed by atoms with van der Waals surface area (Å²) in [6.45, 7) is 7.23. The summed E-state index contributed by atoms with van der Waals surface area (Å²) in [6, 6.07) is 6.59. The average Bonchev–Trinajstić information content (AvgIpc) is 2.62. The number of aryl methyl sites for hydroxylation is 2. The molecule has 3 nitrogen and oxygen atoms in total. The van der Waals surface area contributed by atoms with E-state index in [-0.39, 0.29) is 6.04 Å². The summed E-state index contributed by atoms with van der Waals surface area (Å²) >= 11 is 0. The zero-order chi connectivity index (χ0) is 17.8. The number of likely N-dealkylation sites (tertiary alicyclic amines) is 2. The van der Waals surface area contributed by atoms with Gasteiger partial charge in [-0.2, -0.15) is 0 Å². The van der Waals surface area contributed by atoms with E-state index >= 15 is 0 Å². The third kappa shape index (κ3) is 4.33. The van der Waals surface area contributed by atoms with E-state index in [0.29, 0.717) is 11.8 Å². The van der Waals surface area contributed by atoms with E-state index in [9.17, 15) is 4.79 Å². The number of hydrogen-bond acceptors (Lipinski definition) is 2. The van der Waals surface area contributed by atoms with E-state index < -0.39 is 0 Å². The van der Waals surface area contributed by atoms with E-state index in [4.69, 9.17) is 0 Å². The highest BCUT2D eigenvalue weighted by molar-refractivity contribution is 5.82. The first-order chi connectivity index (χ1) is 12.1. The Balaban J connectivity index is 1.55. The fourth-order valence-corrected chi connectivity index (χ4v) is 4.23. The highest BCUT2D eigenvalue weighted by atomic mass is 16.2. The second kappa shape index (κ2) is 8.18. The molecule has 0 aliphatic carbocycles. The third-order valence-corrected chi connectivity index (χ3v) is 5.98. The molecule has 2 saturated heterocycles. The van der Waals surface area contributed by atoms with E-state index in [2.05, 4.69) is 61.0 Å². The Hall–Kier alpha value is -1.61. The molecular formula is C22H32N2O. The number of carbonyl (C=O) groups excluding carboxylic acids is 1. The van der Waals surface area contributed by atoms with Crippen LogP contribution in [-0.4, -0.2) is 48.4 Å². The van der Waals surface area contributed by atoms with Gasteiger partial charge < -0.3 is 4.90 Å². The van der Waals surface area contributed by atoms with Gasteiger partial charge in [-0.25, -0.2) is 0 Å². The van der Waals surface area contributed by atoms with Gasteiger partial charge in [-0.3, -0.25) is 9.69 Å². The second-order valence-electron chi connectivity index (χ2n) is 7.82. The van der Waals surface area contributed by atoms with Crippen LogP contribution in [0.15, 0.2) is 24.3 Å². The minimum Gasteiger partial charge on any atom is -0.341 e. The largest absolute Gasteiger partial charge is 0.341 e. The van der Waals surface area contributed by atoms with Gasteiger partial charge in [0.2, 0.25) is 5.91 Å². The molecule has 2 heterocycles. The van der Waals surface area contributed by atoms with Crippen LogP contribution in [-0.2, 0) is 4.79 Å². The maximum absolute atomic E-state index is 12.8. The molecule has 1 aromatic carbocycles. The van der Waals surface area contributed by atoms with Crippen LogP contribution in [0.25, 0.3) is 6.08 Å². The summed E-state index contributed by atoms with van der Waals surface area (Å²) < 4.78 is 0. The first-order valence-electron chi connectivity index (χ1n) is 9.79. The van der Waals surface area contributed by atoms with Crippen molar-refractivity contribution in [3.63, 3.8) is 0 Å². The van der Waals surface area contributed by atoms with Crippen LogP contribution in [0.4, 0.5) is 0 Å². The lowest BCUT2D eigenvalue weighted by Crippen LogP contribution is -2.51. The third-order valence-electron chi connectivity index (χ3n) is 5.98. The Labute approximate surface area is 152 Å². The van der Waals surface area contributed by atoms with E-state index in [1.807, 2.05) is 0 Å². The molecule has 2 fully saturated rings. The van der Waals surface area contributed by atoms with Gasteiger partial charge >= 0.3 is 0 Å². The minimum atomic E-state index is 0.121. The normalized spacial score (nSPS) is 23.3. The molecule has 1 aromatic rings. The molecule has 1 atom stereocenters. The van der Waals surface area contributed by atoms with E-state index in [1.54, 1.807) is 0 Å². The standard InChI is InChI=1S/C22H32N2O/c1-17-7-6-8-18(2)20(17)11-10-19-12-15-24(16-13-19)22(25)21-9-4-5-14-23(21)3/h6-8,10-11,19,21H,4-5,9,12-16H2,1-3H3/b11-10+/t21-/m1/s1. The van der Waals surface area contributed by atoms with Gasteiger partial charge in [-0.1, -0.05) is 36.8 Å². The molecule has 0 spiro atoms. The Morgan fingerprint density at radius 1 is 1.04 bits per heavy atom. The summed E-state index contributed by atoms with van der Waals surface area (Å²) in [5.74, 6) is 0.950. The number of hydrogen-bond donors (Lipinski definition) is 0. The molecule has 0 N–H and O–H groups in total. The molecule has 3 rings (SSSR count). The van der Waals surface area contributed by atoms with Gasteiger partial charge in [0, 0.05) is 13.1 Å². The Morgan fingerprint density at radius 3 is 2.36 bits per heavy atom. The lowest BCUT2D eigenvalue weighted by Gasteiger charge is -2.38. The molecule has 25 heavy (non-hydrogen) atoms. The maximum atomic E-state index is 12.8. The minimum absolute atomic E-state index is 0.121. The van der Waals surface area contributed by atoms with Gasteiger partial charge in [0.25, 0.3) is 0 Å². The van der Waals surface area contributed by atoms with Crippen molar-refractivity contribution in [3.05, 3.63) is 41.0 Å². The molecule has 0 unspecified atom stereocenters. The Kier molecular flexibility index (Phi) is 5.95. The quantitative estimate of drug-likeness (QED) is 0.829. The fraction of sp³-hybridized carbons (Fsp3) is 0.591. The van der Waals surface area contributed by atoms with Crippen molar-refractivity contribution in [2.45, 2.75) is 52.0 Å². The number of allylic oxidation sites excluding steroid dienone is 1. The van der Waals surface area contributed by atoms with Crippen molar-refractivity contribution in [1.29, 1.82) is 0 Å². The van der Waals surface area contributed by atoms with Gasteiger partial charge in [-0.15, -0.1) is 0 Å². The van der Waals surface area contributed by atoms with E-state index in [0.717, 1.165) is 38.9 Å². The molecule has 2 aliphatic heterocycles. The van der Waals surface area contributed by atoms with Crippen LogP contribution in [0.3, 0.4) is 0 Å². The van der Waals surface area contributed by atoms with Gasteiger partial charge in [-0.05, 0) is 75.7 Å². The van der Waals surface area contributed by atoms with Crippen LogP contribution in [0.5, 0.6) is 0 Å².